The number of ether oxygens (including phenoxy) is 1. The summed E-state index contributed by atoms with van der Waals surface area (Å²) in [5, 5.41) is 12.3. The van der Waals surface area contributed by atoms with Crippen LogP contribution in [0.15, 0.2) is 47.1 Å². The second kappa shape index (κ2) is 9.67. The molecule has 9 heteroatoms. The van der Waals surface area contributed by atoms with Gasteiger partial charge in [0.1, 0.15) is 17.6 Å². The summed E-state index contributed by atoms with van der Waals surface area (Å²) in [5.41, 5.74) is 2.77. The normalized spacial score (nSPS) is 13.1. The van der Waals surface area contributed by atoms with Crippen LogP contribution < -0.4 is 10.2 Å². The lowest BCUT2D eigenvalue weighted by Crippen LogP contribution is -2.25. The number of carbonyl (C=O) groups excluding carboxylic acids is 3. The Morgan fingerprint density at radius 2 is 2.06 bits per heavy atom. The average Bonchev–Trinajstić information content (AvgIpc) is 3.56. The van der Waals surface area contributed by atoms with Crippen LogP contribution in [0.25, 0.3) is 0 Å². The number of nitriles is 1. The van der Waals surface area contributed by atoms with E-state index in [4.69, 9.17) is 9.15 Å². The molecular weight excluding hydrogens is 436 g/mol. The molecule has 0 spiro atoms. The number of esters is 1. The Bertz CT molecular complexity index is 1280. The molecule has 0 unspecified atom stereocenters. The van der Waals surface area contributed by atoms with Gasteiger partial charge in [-0.05, 0) is 56.2 Å². The van der Waals surface area contributed by atoms with Gasteiger partial charge in [-0.1, -0.05) is 6.07 Å². The molecule has 0 radical (unpaired) electrons. The SMILES string of the molecule is Cc1c(C#N)c(NC(=O)COC(=O)c2cccc(N3CCCC3=O)c2)n(Cc2ccco2)c1C. The van der Waals surface area contributed by atoms with Crippen LogP contribution in [0.4, 0.5) is 11.5 Å². The fourth-order valence-electron chi connectivity index (χ4n) is 3.99. The molecule has 0 saturated carbocycles. The highest BCUT2D eigenvalue weighted by atomic mass is 16.5. The minimum atomic E-state index is -0.678. The molecule has 1 aromatic carbocycles. The minimum absolute atomic E-state index is 0.0151. The van der Waals surface area contributed by atoms with Crippen molar-refractivity contribution in [2.24, 2.45) is 0 Å². The summed E-state index contributed by atoms with van der Waals surface area (Å²) in [6.45, 7) is 4.07. The zero-order chi connectivity index (χ0) is 24.2. The third-order valence-electron chi connectivity index (χ3n) is 5.89. The zero-order valence-corrected chi connectivity index (χ0v) is 19.0. The van der Waals surface area contributed by atoms with Crippen LogP contribution in [0.5, 0.6) is 0 Å². The summed E-state index contributed by atoms with van der Waals surface area (Å²) in [4.78, 5) is 38.8. The monoisotopic (exact) mass is 460 g/mol. The van der Waals surface area contributed by atoms with E-state index in [1.165, 1.54) is 0 Å². The maximum Gasteiger partial charge on any atom is 0.338 e. The van der Waals surface area contributed by atoms with E-state index in [1.807, 2.05) is 6.92 Å². The molecule has 34 heavy (non-hydrogen) atoms. The molecule has 9 nitrogen and oxygen atoms in total. The molecule has 2 aromatic heterocycles. The van der Waals surface area contributed by atoms with Gasteiger partial charge in [-0.2, -0.15) is 5.26 Å². The fourth-order valence-corrected chi connectivity index (χ4v) is 3.99. The quantitative estimate of drug-likeness (QED) is 0.539. The standard InChI is InChI=1S/C25H24N4O5/c1-16-17(2)29(14-20-8-5-11-33-20)24(21(16)13-26)27-22(30)15-34-25(32)18-6-3-7-19(12-18)28-10-4-9-23(28)31/h3,5-8,11-12H,4,9-10,14-15H2,1-2H3,(H,27,30). The van der Waals surface area contributed by atoms with Gasteiger partial charge in [0.2, 0.25) is 5.91 Å². The number of nitrogens with one attached hydrogen (secondary N) is 1. The van der Waals surface area contributed by atoms with Crippen LogP contribution in [0.1, 0.15) is 45.8 Å². The zero-order valence-electron chi connectivity index (χ0n) is 19.0. The van der Waals surface area contributed by atoms with Gasteiger partial charge < -0.3 is 23.9 Å². The Kier molecular flexibility index (Phi) is 6.50. The van der Waals surface area contributed by atoms with Gasteiger partial charge in [0.25, 0.3) is 5.91 Å². The third-order valence-corrected chi connectivity index (χ3v) is 5.89. The van der Waals surface area contributed by atoms with E-state index in [1.54, 1.807) is 59.1 Å². The smallest absolute Gasteiger partial charge is 0.338 e. The van der Waals surface area contributed by atoms with Crippen molar-refractivity contribution in [2.75, 3.05) is 23.4 Å². The van der Waals surface area contributed by atoms with Gasteiger partial charge in [0.05, 0.1) is 23.9 Å². The van der Waals surface area contributed by atoms with Crippen LogP contribution in [-0.4, -0.2) is 35.5 Å². The van der Waals surface area contributed by atoms with Gasteiger partial charge in [0.15, 0.2) is 6.61 Å². The van der Waals surface area contributed by atoms with Crippen LogP contribution >= 0.6 is 0 Å². The highest BCUT2D eigenvalue weighted by Crippen LogP contribution is 2.27. The minimum Gasteiger partial charge on any atom is -0.467 e. The first kappa shape index (κ1) is 22.9. The van der Waals surface area contributed by atoms with Crippen LogP contribution in [0, 0.1) is 25.2 Å². The van der Waals surface area contributed by atoms with E-state index in [9.17, 15) is 19.6 Å². The Hall–Kier alpha value is -4.32. The van der Waals surface area contributed by atoms with E-state index in [0.29, 0.717) is 42.3 Å². The summed E-state index contributed by atoms with van der Waals surface area (Å²) < 4.78 is 12.4. The van der Waals surface area contributed by atoms with Crippen molar-refractivity contribution in [1.29, 1.82) is 5.26 Å². The summed E-state index contributed by atoms with van der Waals surface area (Å²) in [7, 11) is 0. The predicted octanol–water partition coefficient (Wildman–Crippen LogP) is 3.54. The van der Waals surface area contributed by atoms with Crippen molar-refractivity contribution >= 4 is 29.3 Å². The molecule has 4 rings (SSSR count). The molecule has 0 aliphatic carbocycles. The summed E-state index contributed by atoms with van der Waals surface area (Å²) in [6, 6.07) is 12.3. The molecular formula is C25H24N4O5. The topological polar surface area (TPSA) is 118 Å². The molecule has 2 amide bonds. The van der Waals surface area contributed by atoms with Crippen molar-refractivity contribution in [1.82, 2.24) is 4.57 Å². The molecule has 1 aliphatic rings. The van der Waals surface area contributed by atoms with Gasteiger partial charge in [-0.15, -0.1) is 0 Å². The van der Waals surface area contributed by atoms with E-state index in [-0.39, 0.29) is 11.5 Å². The van der Waals surface area contributed by atoms with Gasteiger partial charge in [-0.3, -0.25) is 9.59 Å². The summed E-state index contributed by atoms with van der Waals surface area (Å²) >= 11 is 0. The van der Waals surface area contributed by atoms with Crippen LogP contribution in [0.3, 0.4) is 0 Å². The first-order valence-corrected chi connectivity index (χ1v) is 10.9. The maximum atomic E-state index is 12.6. The van der Waals surface area contributed by atoms with E-state index >= 15 is 0 Å². The van der Waals surface area contributed by atoms with Gasteiger partial charge >= 0.3 is 5.97 Å². The highest BCUT2D eigenvalue weighted by Gasteiger charge is 2.23. The average molecular weight is 460 g/mol. The first-order chi connectivity index (χ1) is 16.4. The number of rotatable bonds is 7. The molecule has 1 saturated heterocycles. The maximum absolute atomic E-state index is 12.6. The Balaban J connectivity index is 1.44. The van der Waals surface area contributed by atoms with E-state index in [0.717, 1.165) is 17.7 Å². The lowest BCUT2D eigenvalue weighted by atomic mass is 10.2. The molecule has 0 atom stereocenters. The molecule has 0 bridgehead atoms. The van der Waals surface area contributed by atoms with Crippen LogP contribution in [0.2, 0.25) is 0 Å². The fraction of sp³-hybridized carbons (Fsp3) is 0.280. The second-order valence-corrected chi connectivity index (χ2v) is 8.03. The number of hydrogen-bond donors (Lipinski definition) is 1. The number of benzene rings is 1. The molecule has 3 aromatic rings. The third kappa shape index (κ3) is 4.57. The Labute approximate surface area is 196 Å². The lowest BCUT2D eigenvalue weighted by Gasteiger charge is -2.16. The largest absolute Gasteiger partial charge is 0.467 e. The Morgan fingerprint density at radius 1 is 1.24 bits per heavy atom. The second-order valence-electron chi connectivity index (χ2n) is 8.03. The summed E-state index contributed by atoms with van der Waals surface area (Å²) in [5.74, 6) is -0.247. The molecule has 1 N–H and O–H groups in total. The van der Waals surface area contributed by atoms with E-state index < -0.39 is 18.5 Å². The van der Waals surface area contributed by atoms with E-state index in [2.05, 4.69) is 11.4 Å². The number of amides is 2. The van der Waals surface area contributed by atoms with Crippen molar-refractivity contribution in [3.8, 4) is 6.07 Å². The summed E-state index contributed by atoms with van der Waals surface area (Å²) in [6.07, 6.45) is 2.82. The van der Waals surface area contributed by atoms with Crippen molar-refractivity contribution < 1.29 is 23.5 Å². The van der Waals surface area contributed by atoms with Crippen LogP contribution in [-0.2, 0) is 20.9 Å². The van der Waals surface area contributed by atoms with Crippen molar-refractivity contribution in [2.45, 2.75) is 33.2 Å². The number of hydrogen-bond acceptors (Lipinski definition) is 6. The predicted molar refractivity (Wildman–Crippen MR) is 123 cm³/mol. The number of furan rings is 1. The number of anilines is 2. The first-order valence-electron chi connectivity index (χ1n) is 10.9. The van der Waals surface area contributed by atoms with Crippen molar-refractivity contribution in [3.63, 3.8) is 0 Å². The highest BCUT2D eigenvalue weighted by molar-refractivity contribution is 5.99. The molecule has 3 heterocycles. The molecule has 1 fully saturated rings. The van der Waals surface area contributed by atoms with Gasteiger partial charge in [0, 0.05) is 24.3 Å². The molecule has 1 aliphatic heterocycles. The lowest BCUT2D eigenvalue weighted by molar-refractivity contribution is -0.119. The van der Waals surface area contributed by atoms with Crippen molar-refractivity contribution in [3.05, 3.63) is 70.8 Å². The number of aromatic nitrogens is 1. The Morgan fingerprint density at radius 3 is 2.74 bits per heavy atom. The number of carbonyl (C=O) groups is 3. The molecule has 174 valence electrons. The van der Waals surface area contributed by atoms with Gasteiger partial charge in [-0.25, -0.2) is 4.79 Å². The number of nitrogens with zero attached hydrogens (tertiary/aromatic N) is 3.